The highest BCUT2D eigenvalue weighted by Crippen LogP contribution is 2.18. The molecule has 0 atom stereocenters. The fraction of sp³-hybridized carbons (Fsp3) is 0.0500. The molecule has 0 aliphatic rings. The molecule has 0 spiro atoms. The second-order valence-electron chi connectivity index (χ2n) is 5.51. The SMILES string of the molecule is O=C(NCc1cccc(Br)c1)Nc1ccc(Nc2ccccc2)cc1. The molecule has 3 aromatic rings. The van der Waals surface area contributed by atoms with Crippen molar-refractivity contribution in [2.24, 2.45) is 0 Å². The standard InChI is InChI=1S/C20H18BrN3O/c21-16-6-4-5-15(13-16)14-22-20(25)24-19-11-9-18(10-12-19)23-17-7-2-1-3-8-17/h1-13,23H,14H2,(H2,22,24,25). The normalized spacial score (nSPS) is 10.1. The van der Waals surface area contributed by atoms with Gasteiger partial charge in [-0.3, -0.25) is 0 Å². The van der Waals surface area contributed by atoms with Crippen LogP contribution in [0.25, 0.3) is 0 Å². The van der Waals surface area contributed by atoms with Gasteiger partial charge < -0.3 is 16.0 Å². The molecule has 0 saturated heterocycles. The lowest BCUT2D eigenvalue weighted by Gasteiger charge is -2.10. The first kappa shape index (κ1) is 17.0. The van der Waals surface area contributed by atoms with Gasteiger partial charge in [-0.2, -0.15) is 0 Å². The lowest BCUT2D eigenvalue weighted by atomic mass is 10.2. The van der Waals surface area contributed by atoms with Gasteiger partial charge in [-0.15, -0.1) is 0 Å². The Hall–Kier alpha value is -2.79. The Morgan fingerprint density at radius 2 is 1.48 bits per heavy atom. The van der Waals surface area contributed by atoms with Crippen LogP contribution in [-0.4, -0.2) is 6.03 Å². The maximum Gasteiger partial charge on any atom is 0.319 e. The van der Waals surface area contributed by atoms with Crippen molar-refractivity contribution in [1.82, 2.24) is 5.32 Å². The van der Waals surface area contributed by atoms with E-state index in [4.69, 9.17) is 0 Å². The second-order valence-corrected chi connectivity index (χ2v) is 6.42. The van der Waals surface area contributed by atoms with Gasteiger partial charge in [0.1, 0.15) is 0 Å². The van der Waals surface area contributed by atoms with Crippen molar-refractivity contribution >= 4 is 39.0 Å². The van der Waals surface area contributed by atoms with E-state index in [-0.39, 0.29) is 6.03 Å². The Morgan fingerprint density at radius 3 is 2.20 bits per heavy atom. The minimum Gasteiger partial charge on any atom is -0.356 e. The molecule has 5 heteroatoms. The zero-order valence-corrected chi connectivity index (χ0v) is 15.1. The summed E-state index contributed by atoms with van der Waals surface area (Å²) in [6.07, 6.45) is 0. The zero-order chi connectivity index (χ0) is 17.5. The van der Waals surface area contributed by atoms with Crippen LogP contribution in [0.3, 0.4) is 0 Å². The molecule has 0 radical (unpaired) electrons. The molecule has 0 saturated carbocycles. The van der Waals surface area contributed by atoms with Gasteiger partial charge in [0.25, 0.3) is 0 Å². The van der Waals surface area contributed by atoms with Crippen LogP contribution in [0.2, 0.25) is 0 Å². The van der Waals surface area contributed by atoms with E-state index in [0.29, 0.717) is 6.54 Å². The average Bonchev–Trinajstić information content (AvgIpc) is 2.63. The van der Waals surface area contributed by atoms with E-state index in [0.717, 1.165) is 27.1 Å². The number of halogens is 1. The predicted octanol–water partition coefficient (Wildman–Crippen LogP) is 5.51. The van der Waals surface area contributed by atoms with Gasteiger partial charge in [0, 0.05) is 28.1 Å². The van der Waals surface area contributed by atoms with E-state index >= 15 is 0 Å². The summed E-state index contributed by atoms with van der Waals surface area (Å²) in [5.41, 5.74) is 3.76. The maximum atomic E-state index is 12.0. The molecule has 0 fully saturated rings. The Bertz CT molecular complexity index is 835. The summed E-state index contributed by atoms with van der Waals surface area (Å²) in [4.78, 5) is 12.0. The first-order chi connectivity index (χ1) is 12.2. The number of carbonyl (C=O) groups is 1. The van der Waals surface area contributed by atoms with E-state index in [2.05, 4.69) is 31.9 Å². The van der Waals surface area contributed by atoms with Crippen molar-refractivity contribution in [3.8, 4) is 0 Å². The number of anilines is 3. The van der Waals surface area contributed by atoms with Crippen LogP contribution < -0.4 is 16.0 Å². The molecule has 0 bridgehead atoms. The Kier molecular flexibility index (Phi) is 5.69. The molecule has 2 amide bonds. The molecule has 25 heavy (non-hydrogen) atoms. The summed E-state index contributed by atoms with van der Waals surface area (Å²) in [5.74, 6) is 0. The number of benzene rings is 3. The van der Waals surface area contributed by atoms with Gasteiger partial charge in [-0.05, 0) is 54.1 Å². The third-order valence-electron chi connectivity index (χ3n) is 3.55. The lowest BCUT2D eigenvalue weighted by Crippen LogP contribution is -2.28. The molecule has 4 nitrogen and oxygen atoms in total. The first-order valence-electron chi connectivity index (χ1n) is 7.90. The van der Waals surface area contributed by atoms with Crippen molar-refractivity contribution in [3.63, 3.8) is 0 Å². The summed E-state index contributed by atoms with van der Waals surface area (Å²) in [5, 5.41) is 8.97. The highest BCUT2D eigenvalue weighted by atomic mass is 79.9. The van der Waals surface area contributed by atoms with Crippen LogP contribution in [0.4, 0.5) is 21.9 Å². The quantitative estimate of drug-likeness (QED) is 0.532. The van der Waals surface area contributed by atoms with Crippen molar-refractivity contribution < 1.29 is 4.79 Å². The monoisotopic (exact) mass is 395 g/mol. The second kappa shape index (κ2) is 8.35. The van der Waals surface area contributed by atoms with Crippen LogP contribution >= 0.6 is 15.9 Å². The molecule has 0 aliphatic heterocycles. The number of para-hydroxylation sites is 1. The summed E-state index contributed by atoms with van der Waals surface area (Å²) in [6.45, 7) is 0.471. The van der Waals surface area contributed by atoms with Crippen LogP contribution in [0, 0.1) is 0 Å². The number of hydrogen-bond donors (Lipinski definition) is 3. The molecule has 3 aromatic carbocycles. The van der Waals surface area contributed by atoms with Gasteiger partial charge in [0.15, 0.2) is 0 Å². The van der Waals surface area contributed by atoms with E-state index in [1.807, 2.05) is 78.9 Å². The number of amides is 2. The number of hydrogen-bond acceptors (Lipinski definition) is 2. The highest BCUT2D eigenvalue weighted by molar-refractivity contribution is 9.10. The van der Waals surface area contributed by atoms with E-state index in [9.17, 15) is 4.79 Å². The maximum absolute atomic E-state index is 12.0. The third-order valence-corrected chi connectivity index (χ3v) is 4.04. The summed E-state index contributed by atoms with van der Waals surface area (Å²) in [7, 11) is 0. The van der Waals surface area contributed by atoms with E-state index in [1.165, 1.54) is 0 Å². The van der Waals surface area contributed by atoms with Crippen LogP contribution in [0.1, 0.15) is 5.56 Å². The zero-order valence-electron chi connectivity index (χ0n) is 13.5. The average molecular weight is 396 g/mol. The molecule has 3 N–H and O–H groups in total. The molecule has 0 unspecified atom stereocenters. The molecular formula is C20H18BrN3O. The predicted molar refractivity (Wildman–Crippen MR) is 106 cm³/mol. The van der Waals surface area contributed by atoms with Crippen molar-refractivity contribution in [1.29, 1.82) is 0 Å². The number of rotatable bonds is 5. The van der Waals surface area contributed by atoms with Crippen LogP contribution in [0.15, 0.2) is 83.3 Å². The highest BCUT2D eigenvalue weighted by Gasteiger charge is 2.02. The van der Waals surface area contributed by atoms with Crippen molar-refractivity contribution in [3.05, 3.63) is 88.9 Å². The molecular weight excluding hydrogens is 378 g/mol. The summed E-state index contributed by atoms with van der Waals surface area (Å²) >= 11 is 3.42. The first-order valence-corrected chi connectivity index (χ1v) is 8.70. The summed E-state index contributed by atoms with van der Waals surface area (Å²) in [6, 6.07) is 25.1. The fourth-order valence-corrected chi connectivity index (χ4v) is 2.78. The smallest absolute Gasteiger partial charge is 0.319 e. The molecule has 3 rings (SSSR count). The van der Waals surface area contributed by atoms with E-state index < -0.39 is 0 Å². The van der Waals surface area contributed by atoms with Gasteiger partial charge in [0.2, 0.25) is 0 Å². The molecule has 0 aromatic heterocycles. The van der Waals surface area contributed by atoms with E-state index in [1.54, 1.807) is 0 Å². The van der Waals surface area contributed by atoms with Gasteiger partial charge in [0.05, 0.1) is 0 Å². The molecule has 126 valence electrons. The molecule has 0 aliphatic carbocycles. The number of carbonyl (C=O) groups excluding carboxylic acids is 1. The van der Waals surface area contributed by atoms with Crippen LogP contribution in [0.5, 0.6) is 0 Å². The Labute approximate surface area is 155 Å². The minimum atomic E-state index is -0.233. The number of urea groups is 1. The van der Waals surface area contributed by atoms with Gasteiger partial charge >= 0.3 is 6.03 Å². The van der Waals surface area contributed by atoms with Gasteiger partial charge in [-0.1, -0.05) is 46.3 Å². The Balaban J connectivity index is 1.51. The van der Waals surface area contributed by atoms with Crippen molar-refractivity contribution in [2.75, 3.05) is 10.6 Å². The summed E-state index contributed by atoms with van der Waals surface area (Å²) < 4.78 is 0.994. The topological polar surface area (TPSA) is 53.2 Å². The van der Waals surface area contributed by atoms with Crippen LogP contribution in [-0.2, 0) is 6.54 Å². The van der Waals surface area contributed by atoms with Gasteiger partial charge in [-0.25, -0.2) is 4.79 Å². The minimum absolute atomic E-state index is 0.233. The third kappa shape index (κ3) is 5.36. The van der Waals surface area contributed by atoms with Crippen molar-refractivity contribution in [2.45, 2.75) is 6.54 Å². The largest absolute Gasteiger partial charge is 0.356 e. The Morgan fingerprint density at radius 1 is 0.800 bits per heavy atom. The lowest BCUT2D eigenvalue weighted by molar-refractivity contribution is 0.251. The number of nitrogens with one attached hydrogen (secondary N) is 3. The molecule has 0 heterocycles. The fourth-order valence-electron chi connectivity index (χ4n) is 2.33.